The fraction of sp³-hybridized carbons (Fsp3) is 0.826. The molecule has 0 unspecified atom stereocenters. The highest BCUT2D eigenvalue weighted by Crippen LogP contribution is 2.33. The number of rotatable bonds is 6. The summed E-state index contributed by atoms with van der Waals surface area (Å²) < 4.78 is 39.1. The first-order valence-electron chi connectivity index (χ1n) is 12.0. The molecule has 2 N–H and O–H groups in total. The number of ether oxygens (including phenoxy) is 2. The number of hydrogen-bond donors (Lipinski definition) is 2. The number of nitrogens with one attached hydrogen (secondary N) is 2. The van der Waals surface area contributed by atoms with Crippen LogP contribution in [0.15, 0.2) is 0 Å². The third-order valence-corrected chi connectivity index (χ3v) is 6.43. The average molecular weight is 488 g/mol. The van der Waals surface area contributed by atoms with Gasteiger partial charge in [0.15, 0.2) is 5.78 Å². The van der Waals surface area contributed by atoms with Crippen LogP contribution in [0.2, 0.25) is 0 Å². The SMILES string of the molecule is CC(C)C[C@H](NC(=O)[C@@H]1COCCCCCC(=O)N2CC(F)(F)C[C@H]2C(=O)N1)C(=O)[C@@]1(C)CO1. The number of epoxide rings is 1. The third-order valence-electron chi connectivity index (χ3n) is 6.43. The number of ketones is 1. The van der Waals surface area contributed by atoms with E-state index in [1.165, 1.54) is 0 Å². The van der Waals surface area contributed by atoms with E-state index < -0.39 is 60.3 Å². The number of nitrogens with zero attached hydrogens (tertiary/aromatic N) is 1. The molecule has 0 aliphatic carbocycles. The molecule has 3 heterocycles. The van der Waals surface area contributed by atoms with Gasteiger partial charge in [-0.3, -0.25) is 19.2 Å². The molecular formula is C23H35F2N3O6. The zero-order valence-corrected chi connectivity index (χ0v) is 20.0. The van der Waals surface area contributed by atoms with Crippen LogP contribution in [0.5, 0.6) is 0 Å². The molecule has 0 radical (unpaired) electrons. The summed E-state index contributed by atoms with van der Waals surface area (Å²) in [6, 6.07) is -3.39. The van der Waals surface area contributed by atoms with Crippen molar-refractivity contribution in [3.63, 3.8) is 0 Å². The van der Waals surface area contributed by atoms with Crippen molar-refractivity contribution < 1.29 is 37.4 Å². The maximum absolute atomic E-state index is 14.1. The number of halogens is 2. The van der Waals surface area contributed by atoms with Crippen LogP contribution >= 0.6 is 0 Å². The minimum absolute atomic E-state index is 0.0730. The molecule has 0 bridgehead atoms. The van der Waals surface area contributed by atoms with Crippen LogP contribution < -0.4 is 10.6 Å². The first-order chi connectivity index (χ1) is 15.9. The van der Waals surface area contributed by atoms with Gasteiger partial charge in [0.2, 0.25) is 17.7 Å². The fourth-order valence-electron chi connectivity index (χ4n) is 4.36. The van der Waals surface area contributed by atoms with Crippen LogP contribution in [-0.2, 0) is 28.7 Å². The van der Waals surface area contributed by atoms with E-state index in [9.17, 15) is 28.0 Å². The predicted octanol–water partition coefficient (Wildman–Crippen LogP) is 1.19. The lowest BCUT2D eigenvalue weighted by Crippen LogP contribution is -2.57. The Kier molecular flexibility index (Phi) is 8.28. The molecular weight excluding hydrogens is 452 g/mol. The Hall–Kier alpha value is -2.14. The number of fused-ring (bicyclic) bond motifs is 1. The zero-order chi connectivity index (χ0) is 25.1. The molecule has 3 rings (SSSR count). The highest BCUT2D eigenvalue weighted by molar-refractivity contribution is 5.98. The van der Waals surface area contributed by atoms with Crippen molar-refractivity contribution in [3.8, 4) is 0 Å². The molecule has 3 amide bonds. The Morgan fingerprint density at radius 3 is 2.59 bits per heavy atom. The van der Waals surface area contributed by atoms with Gasteiger partial charge >= 0.3 is 0 Å². The van der Waals surface area contributed by atoms with Crippen LogP contribution in [-0.4, -0.2) is 84.4 Å². The van der Waals surface area contributed by atoms with Crippen LogP contribution in [0.1, 0.15) is 59.3 Å². The number of carbonyl (C=O) groups excluding carboxylic acids is 4. The van der Waals surface area contributed by atoms with Crippen molar-refractivity contribution >= 4 is 23.5 Å². The van der Waals surface area contributed by atoms with Gasteiger partial charge in [-0.2, -0.15) is 0 Å². The quantitative estimate of drug-likeness (QED) is 0.544. The summed E-state index contributed by atoms with van der Waals surface area (Å²) in [6.45, 7) is 5.09. The smallest absolute Gasteiger partial charge is 0.267 e. The van der Waals surface area contributed by atoms with Gasteiger partial charge in [0.1, 0.15) is 17.7 Å². The van der Waals surface area contributed by atoms with Crippen LogP contribution in [0.25, 0.3) is 0 Å². The van der Waals surface area contributed by atoms with Crippen molar-refractivity contribution in [2.45, 2.75) is 88.9 Å². The molecule has 34 heavy (non-hydrogen) atoms. The third kappa shape index (κ3) is 6.71. The first-order valence-corrected chi connectivity index (χ1v) is 12.0. The lowest BCUT2D eigenvalue weighted by atomic mass is 9.93. The molecule has 11 heteroatoms. The second-order valence-corrected chi connectivity index (χ2v) is 10.1. The van der Waals surface area contributed by atoms with E-state index >= 15 is 0 Å². The minimum Gasteiger partial charge on any atom is -0.379 e. The fourth-order valence-corrected chi connectivity index (χ4v) is 4.36. The number of alkyl halides is 2. The van der Waals surface area contributed by atoms with E-state index in [-0.39, 0.29) is 31.3 Å². The second kappa shape index (κ2) is 10.6. The topological polar surface area (TPSA) is 117 Å². The van der Waals surface area contributed by atoms with E-state index in [0.29, 0.717) is 32.3 Å². The number of hydrogen-bond acceptors (Lipinski definition) is 6. The number of amides is 3. The van der Waals surface area contributed by atoms with Gasteiger partial charge in [0.25, 0.3) is 5.92 Å². The molecule has 0 aromatic heterocycles. The molecule has 0 aromatic rings. The number of Topliss-reactive ketones (excluding diaryl/α,β-unsaturated/α-hetero) is 1. The van der Waals surface area contributed by atoms with Gasteiger partial charge in [0, 0.05) is 19.4 Å². The molecule has 192 valence electrons. The van der Waals surface area contributed by atoms with E-state index in [1.54, 1.807) is 6.92 Å². The maximum Gasteiger partial charge on any atom is 0.267 e. The zero-order valence-electron chi connectivity index (χ0n) is 20.0. The van der Waals surface area contributed by atoms with Crippen molar-refractivity contribution in [2.24, 2.45) is 5.92 Å². The number of carbonyl (C=O) groups is 4. The van der Waals surface area contributed by atoms with E-state index in [0.717, 1.165) is 4.90 Å². The largest absolute Gasteiger partial charge is 0.379 e. The van der Waals surface area contributed by atoms with Gasteiger partial charge in [-0.25, -0.2) is 8.78 Å². The van der Waals surface area contributed by atoms with Crippen molar-refractivity contribution in [1.29, 1.82) is 0 Å². The Labute approximate surface area is 198 Å². The normalized spacial score (nSPS) is 30.9. The monoisotopic (exact) mass is 487 g/mol. The summed E-state index contributed by atoms with van der Waals surface area (Å²) in [5, 5.41) is 5.19. The Bertz CT molecular complexity index is 802. The highest BCUT2D eigenvalue weighted by atomic mass is 19.3. The summed E-state index contributed by atoms with van der Waals surface area (Å²) in [4.78, 5) is 52.4. The van der Waals surface area contributed by atoms with Gasteiger partial charge in [-0.1, -0.05) is 20.3 Å². The predicted molar refractivity (Wildman–Crippen MR) is 117 cm³/mol. The van der Waals surface area contributed by atoms with Gasteiger partial charge in [-0.15, -0.1) is 0 Å². The summed E-state index contributed by atoms with van der Waals surface area (Å²) in [7, 11) is 0. The highest BCUT2D eigenvalue weighted by Gasteiger charge is 2.51. The molecule has 9 nitrogen and oxygen atoms in total. The molecule has 3 fully saturated rings. The standard InChI is InChI=1S/C23H35F2N3O6/c1-14(2)9-15(19(30)22(3)13-34-22)26-20(31)16-11-33-8-6-4-5-7-18(29)28-12-23(24,25)10-17(28)21(32)27-16/h14-17H,4-13H2,1-3H3,(H,26,31)(H,27,32)/t15-,16-,17-,22+/m0/s1. The average Bonchev–Trinajstić information content (AvgIpc) is 3.41. The molecule has 3 saturated heterocycles. The van der Waals surface area contributed by atoms with Crippen molar-refractivity contribution in [1.82, 2.24) is 15.5 Å². The molecule has 3 aliphatic rings. The maximum atomic E-state index is 14.1. The molecule has 0 saturated carbocycles. The Morgan fingerprint density at radius 2 is 1.94 bits per heavy atom. The Morgan fingerprint density at radius 1 is 1.24 bits per heavy atom. The minimum atomic E-state index is -3.18. The molecule has 0 aromatic carbocycles. The lowest BCUT2D eigenvalue weighted by Gasteiger charge is -2.27. The van der Waals surface area contributed by atoms with Gasteiger partial charge in [0.05, 0.1) is 25.8 Å². The molecule has 3 aliphatic heterocycles. The van der Waals surface area contributed by atoms with Crippen LogP contribution in [0.3, 0.4) is 0 Å². The summed E-state index contributed by atoms with van der Waals surface area (Å²) in [5.41, 5.74) is -0.937. The van der Waals surface area contributed by atoms with Crippen molar-refractivity contribution in [3.05, 3.63) is 0 Å². The summed E-state index contributed by atoms with van der Waals surface area (Å²) in [6.07, 6.45) is 1.43. The van der Waals surface area contributed by atoms with Crippen molar-refractivity contribution in [2.75, 3.05) is 26.4 Å². The van der Waals surface area contributed by atoms with Gasteiger partial charge in [-0.05, 0) is 32.1 Å². The van der Waals surface area contributed by atoms with E-state index in [1.807, 2.05) is 13.8 Å². The first kappa shape index (κ1) is 26.5. The summed E-state index contributed by atoms with van der Waals surface area (Å²) >= 11 is 0. The van der Waals surface area contributed by atoms with Crippen LogP contribution in [0, 0.1) is 5.92 Å². The molecule has 0 spiro atoms. The molecule has 4 atom stereocenters. The van der Waals surface area contributed by atoms with Crippen LogP contribution in [0.4, 0.5) is 8.78 Å². The Balaban J connectivity index is 1.76. The van der Waals surface area contributed by atoms with Gasteiger partial charge < -0.3 is 25.0 Å². The summed E-state index contributed by atoms with van der Waals surface area (Å²) in [5.74, 6) is -5.32. The van der Waals surface area contributed by atoms with E-state index in [4.69, 9.17) is 9.47 Å². The lowest BCUT2D eigenvalue weighted by molar-refractivity contribution is -0.140. The second-order valence-electron chi connectivity index (χ2n) is 10.1. The van der Waals surface area contributed by atoms with E-state index in [2.05, 4.69) is 10.6 Å².